The third-order valence-corrected chi connectivity index (χ3v) is 5.91. The van der Waals surface area contributed by atoms with E-state index in [4.69, 9.17) is 4.74 Å². The van der Waals surface area contributed by atoms with Gasteiger partial charge in [-0.2, -0.15) is 0 Å². The average Bonchev–Trinajstić information content (AvgIpc) is 2.80. The smallest absolute Gasteiger partial charge is 0.133 e. The van der Waals surface area contributed by atoms with Crippen LogP contribution in [-0.2, 0) is 6.42 Å². The van der Waals surface area contributed by atoms with Crippen LogP contribution in [0, 0.1) is 0 Å². The predicted octanol–water partition coefficient (Wildman–Crippen LogP) is 5.77. The second kappa shape index (κ2) is 6.08. The third kappa shape index (κ3) is 2.90. The highest BCUT2D eigenvalue weighted by Crippen LogP contribution is 2.40. The summed E-state index contributed by atoms with van der Waals surface area (Å²) in [5.74, 6) is 0.859. The second-order valence-corrected chi connectivity index (χ2v) is 8.24. The monoisotopic (exact) mass is 415 g/mol. The Labute approximate surface area is 139 Å². The molecule has 106 valence electrons. The van der Waals surface area contributed by atoms with E-state index in [0.29, 0.717) is 6.04 Å². The highest BCUT2D eigenvalue weighted by atomic mass is 79.9. The number of rotatable bonds is 3. The number of nitrogens with one attached hydrogen (secondary N) is 1. The molecule has 0 fully saturated rings. The van der Waals surface area contributed by atoms with E-state index >= 15 is 0 Å². The van der Waals surface area contributed by atoms with E-state index < -0.39 is 0 Å². The van der Waals surface area contributed by atoms with Crippen molar-refractivity contribution in [2.24, 2.45) is 0 Å². The number of halogens is 2. The van der Waals surface area contributed by atoms with Crippen LogP contribution < -0.4 is 10.1 Å². The van der Waals surface area contributed by atoms with E-state index in [-0.39, 0.29) is 0 Å². The minimum atomic E-state index is 0.404. The number of hydrogen-bond acceptors (Lipinski definition) is 3. The molecule has 1 aliphatic carbocycles. The van der Waals surface area contributed by atoms with E-state index in [1.807, 2.05) is 17.4 Å². The molecule has 1 heterocycles. The van der Waals surface area contributed by atoms with Crippen LogP contribution in [0.15, 0.2) is 32.5 Å². The fourth-order valence-corrected chi connectivity index (χ4v) is 4.99. The number of ether oxygens (including phenoxy) is 1. The van der Waals surface area contributed by atoms with Crippen molar-refractivity contribution in [1.29, 1.82) is 0 Å². The maximum absolute atomic E-state index is 5.27. The SMILES string of the molecule is COc1ccc(NC2CCCc3sc(Br)cc32)cc1Br. The third-order valence-electron chi connectivity index (χ3n) is 3.58. The molecule has 1 atom stereocenters. The van der Waals surface area contributed by atoms with Crippen LogP contribution in [0.1, 0.15) is 29.3 Å². The molecule has 0 saturated carbocycles. The molecule has 2 aromatic rings. The highest BCUT2D eigenvalue weighted by Gasteiger charge is 2.22. The minimum Gasteiger partial charge on any atom is -0.496 e. The predicted molar refractivity (Wildman–Crippen MR) is 92.0 cm³/mol. The Kier molecular flexibility index (Phi) is 4.38. The average molecular weight is 417 g/mol. The summed E-state index contributed by atoms with van der Waals surface area (Å²) in [5.41, 5.74) is 2.57. The zero-order valence-corrected chi connectivity index (χ0v) is 15.1. The number of methoxy groups -OCH3 is 1. The van der Waals surface area contributed by atoms with Gasteiger partial charge in [-0.15, -0.1) is 11.3 Å². The fraction of sp³-hybridized carbons (Fsp3) is 0.333. The topological polar surface area (TPSA) is 21.3 Å². The van der Waals surface area contributed by atoms with Gasteiger partial charge in [0.05, 0.1) is 21.4 Å². The van der Waals surface area contributed by atoms with Crippen molar-refractivity contribution >= 4 is 48.9 Å². The fourth-order valence-electron chi connectivity index (χ4n) is 2.63. The van der Waals surface area contributed by atoms with Crippen LogP contribution >= 0.6 is 43.2 Å². The first kappa shape index (κ1) is 14.4. The van der Waals surface area contributed by atoms with E-state index in [0.717, 1.165) is 15.9 Å². The molecule has 3 rings (SSSR count). The van der Waals surface area contributed by atoms with Crippen molar-refractivity contribution in [1.82, 2.24) is 0 Å². The largest absolute Gasteiger partial charge is 0.496 e. The lowest BCUT2D eigenvalue weighted by Crippen LogP contribution is -2.15. The normalized spacial score (nSPS) is 17.6. The first-order valence-electron chi connectivity index (χ1n) is 6.55. The number of aryl methyl sites for hydroxylation is 1. The summed E-state index contributed by atoms with van der Waals surface area (Å²) in [6.45, 7) is 0. The number of hydrogen-bond donors (Lipinski definition) is 1. The van der Waals surface area contributed by atoms with Crippen molar-refractivity contribution in [2.75, 3.05) is 12.4 Å². The lowest BCUT2D eigenvalue weighted by atomic mass is 9.94. The molecular formula is C15H15Br2NOS. The Morgan fingerprint density at radius 2 is 2.15 bits per heavy atom. The van der Waals surface area contributed by atoms with Gasteiger partial charge < -0.3 is 10.1 Å². The summed E-state index contributed by atoms with van der Waals surface area (Å²) >= 11 is 9.00. The van der Waals surface area contributed by atoms with E-state index in [9.17, 15) is 0 Å². The zero-order chi connectivity index (χ0) is 14.1. The van der Waals surface area contributed by atoms with Crippen LogP contribution in [0.2, 0.25) is 0 Å². The molecule has 1 aliphatic rings. The van der Waals surface area contributed by atoms with Gasteiger partial charge in [-0.25, -0.2) is 0 Å². The maximum Gasteiger partial charge on any atom is 0.133 e. The molecule has 1 N–H and O–H groups in total. The van der Waals surface area contributed by atoms with Gasteiger partial charge in [0, 0.05) is 10.6 Å². The molecule has 1 unspecified atom stereocenters. The zero-order valence-electron chi connectivity index (χ0n) is 11.1. The first-order valence-corrected chi connectivity index (χ1v) is 8.96. The Morgan fingerprint density at radius 1 is 1.30 bits per heavy atom. The summed E-state index contributed by atoms with van der Waals surface area (Å²) in [6, 6.07) is 8.80. The molecule has 1 aromatic heterocycles. The Morgan fingerprint density at radius 3 is 2.90 bits per heavy atom. The van der Waals surface area contributed by atoms with Crippen LogP contribution in [0.3, 0.4) is 0 Å². The number of fused-ring (bicyclic) bond motifs is 1. The lowest BCUT2D eigenvalue weighted by Gasteiger charge is -2.25. The van der Waals surface area contributed by atoms with Crippen LogP contribution in [0.4, 0.5) is 5.69 Å². The van der Waals surface area contributed by atoms with Crippen molar-refractivity contribution in [3.63, 3.8) is 0 Å². The lowest BCUT2D eigenvalue weighted by molar-refractivity contribution is 0.412. The summed E-state index contributed by atoms with van der Waals surface area (Å²) in [5, 5.41) is 3.64. The molecule has 0 amide bonds. The Bertz CT molecular complexity index is 626. The van der Waals surface area contributed by atoms with Gasteiger partial charge >= 0.3 is 0 Å². The van der Waals surface area contributed by atoms with E-state index in [1.54, 1.807) is 7.11 Å². The number of thiophene rings is 1. The van der Waals surface area contributed by atoms with E-state index in [1.165, 1.54) is 33.5 Å². The summed E-state index contributed by atoms with van der Waals surface area (Å²) < 4.78 is 7.48. The van der Waals surface area contributed by atoms with Crippen molar-refractivity contribution < 1.29 is 4.74 Å². The highest BCUT2D eigenvalue weighted by molar-refractivity contribution is 9.11. The minimum absolute atomic E-state index is 0.404. The Balaban J connectivity index is 1.83. The molecule has 0 spiro atoms. The van der Waals surface area contributed by atoms with Crippen molar-refractivity contribution in [3.8, 4) is 5.75 Å². The molecule has 0 bridgehead atoms. The first-order chi connectivity index (χ1) is 9.67. The quantitative estimate of drug-likeness (QED) is 0.685. The van der Waals surface area contributed by atoms with Gasteiger partial charge in [-0.3, -0.25) is 0 Å². The number of benzene rings is 1. The molecule has 20 heavy (non-hydrogen) atoms. The summed E-state index contributed by atoms with van der Waals surface area (Å²) in [4.78, 5) is 1.51. The standard InChI is InChI=1S/C15H15Br2NOS/c1-19-13-6-5-9(7-11(13)16)18-12-3-2-4-14-10(12)8-15(17)20-14/h5-8,12,18H,2-4H2,1H3. The van der Waals surface area contributed by atoms with Crippen LogP contribution in [-0.4, -0.2) is 7.11 Å². The van der Waals surface area contributed by atoms with Gasteiger partial charge in [0.2, 0.25) is 0 Å². The van der Waals surface area contributed by atoms with Crippen LogP contribution in [0.25, 0.3) is 0 Å². The molecule has 5 heteroatoms. The molecule has 0 radical (unpaired) electrons. The molecule has 1 aromatic carbocycles. The molecule has 0 saturated heterocycles. The van der Waals surface area contributed by atoms with Gasteiger partial charge in [-0.05, 0) is 81.0 Å². The Hall–Kier alpha value is -0.520. The van der Waals surface area contributed by atoms with E-state index in [2.05, 4.69) is 55.4 Å². The van der Waals surface area contributed by atoms with Gasteiger partial charge in [0.25, 0.3) is 0 Å². The molecular weight excluding hydrogens is 402 g/mol. The molecule has 2 nitrogen and oxygen atoms in total. The number of anilines is 1. The van der Waals surface area contributed by atoms with Crippen molar-refractivity contribution in [2.45, 2.75) is 25.3 Å². The van der Waals surface area contributed by atoms with Gasteiger partial charge in [0.1, 0.15) is 5.75 Å². The molecule has 0 aliphatic heterocycles. The maximum atomic E-state index is 5.27. The summed E-state index contributed by atoms with van der Waals surface area (Å²) in [6.07, 6.45) is 3.63. The van der Waals surface area contributed by atoms with Gasteiger partial charge in [-0.1, -0.05) is 0 Å². The van der Waals surface area contributed by atoms with Crippen LogP contribution in [0.5, 0.6) is 5.75 Å². The summed E-state index contributed by atoms with van der Waals surface area (Å²) in [7, 11) is 1.68. The van der Waals surface area contributed by atoms with Crippen molar-refractivity contribution in [3.05, 3.63) is 43.0 Å². The second-order valence-electron chi connectivity index (χ2n) is 4.87. The van der Waals surface area contributed by atoms with Gasteiger partial charge in [0.15, 0.2) is 0 Å².